The number of carbonyl (C=O) groups excluding carboxylic acids is 1. The number of ketones is 1. The molecule has 1 aromatic carbocycles. The minimum Gasteiger partial charge on any atom is -0.348 e. The fraction of sp³-hybridized carbons (Fsp3) is 0.188. The molecule has 0 bridgehead atoms. The molecule has 0 radical (unpaired) electrons. The van der Waals surface area contributed by atoms with Crippen LogP contribution in [-0.2, 0) is 14.1 Å². The first kappa shape index (κ1) is 14.6. The van der Waals surface area contributed by atoms with Crippen LogP contribution in [0, 0.1) is 0 Å². The Morgan fingerprint density at radius 1 is 1.18 bits per heavy atom. The first-order valence-electron chi connectivity index (χ1n) is 6.81. The lowest BCUT2D eigenvalue weighted by molar-refractivity contribution is 0.101. The number of aromatic nitrogens is 3. The van der Waals surface area contributed by atoms with E-state index in [4.69, 9.17) is 0 Å². The van der Waals surface area contributed by atoms with Gasteiger partial charge >= 0.3 is 0 Å². The monoisotopic (exact) mass is 313 g/mol. The van der Waals surface area contributed by atoms with E-state index in [0.717, 1.165) is 0 Å². The standard InChI is InChI=1S/C16H15N3O2S/c1-18-9-5-8-13(18)14(20)10-22-16-17-12-7-4-3-6-11(12)15(21)19(16)2/h3-9H,10H2,1-2H3. The minimum absolute atomic E-state index is 0.0138. The molecular weight excluding hydrogens is 298 g/mol. The van der Waals surface area contributed by atoms with Crippen LogP contribution < -0.4 is 5.56 Å². The third-order valence-electron chi connectivity index (χ3n) is 3.50. The van der Waals surface area contributed by atoms with Crippen LogP contribution in [0.25, 0.3) is 10.9 Å². The summed E-state index contributed by atoms with van der Waals surface area (Å²) >= 11 is 1.28. The van der Waals surface area contributed by atoms with Gasteiger partial charge in [0, 0.05) is 20.3 Å². The van der Waals surface area contributed by atoms with E-state index < -0.39 is 0 Å². The van der Waals surface area contributed by atoms with Gasteiger partial charge in [0.1, 0.15) is 0 Å². The summed E-state index contributed by atoms with van der Waals surface area (Å²) in [4.78, 5) is 29.0. The largest absolute Gasteiger partial charge is 0.348 e. The molecule has 0 spiro atoms. The van der Waals surface area contributed by atoms with E-state index >= 15 is 0 Å². The van der Waals surface area contributed by atoms with Gasteiger partial charge in [-0.05, 0) is 24.3 Å². The maximum atomic E-state index is 12.3. The predicted molar refractivity (Wildman–Crippen MR) is 87.5 cm³/mol. The highest BCUT2D eigenvalue weighted by molar-refractivity contribution is 7.99. The molecule has 22 heavy (non-hydrogen) atoms. The lowest BCUT2D eigenvalue weighted by atomic mass is 10.2. The van der Waals surface area contributed by atoms with Crippen LogP contribution in [0.15, 0.2) is 52.5 Å². The molecule has 5 nitrogen and oxygen atoms in total. The highest BCUT2D eigenvalue weighted by Crippen LogP contribution is 2.18. The summed E-state index contributed by atoms with van der Waals surface area (Å²) in [6.07, 6.45) is 1.84. The molecule has 0 atom stereocenters. The number of thioether (sulfide) groups is 1. The smallest absolute Gasteiger partial charge is 0.261 e. The number of para-hydroxylation sites is 1. The summed E-state index contributed by atoms with van der Waals surface area (Å²) in [5, 5.41) is 1.13. The fourth-order valence-corrected chi connectivity index (χ4v) is 3.13. The summed E-state index contributed by atoms with van der Waals surface area (Å²) in [6.45, 7) is 0. The lowest BCUT2D eigenvalue weighted by Crippen LogP contribution is -2.20. The summed E-state index contributed by atoms with van der Waals surface area (Å²) in [7, 11) is 3.51. The molecule has 112 valence electrons. The van der Waals surface area contributed by atoms with E-state index in [0.29, 0.717) is 21.8 Å². The topological polar surface area (TPSA) is 56.9 Å². The number of hydrogen-bond acceptors (Lipinski definition) is 4. The molecule has 0 unspecified atom stereocenters. The van der Waals surface area contributed by atoms with Crippen molar-refractivity contribution in [3.8, 4) is 0 Å². The highest BCUT2D eigenvalue weighted by atomic mass is 32.2. The van der Waals surface area contributed by atoms with Crippen LogP contribution >= 0.6 is 11.8 Å². The Kier molecular flexibility index (Phi) is 3.85. The van der Waals surface area contributed by atoms with Gasteiger partial charge in [-0.3, -0.25) is 14.2 Å². The molecule has 0 amide bonds. The Bertz CT molecular complexity index is 911. The van der Waals surface area contributed by atoms with Crippen molar-refractivity contribution in [1.29, 1.82) is 0 Å². The van der Waals surface area contributed by atoms with Crippen LogP contribution in [0.5, 0.6) is 0 Å². The molecule has 0 saturated heterocycles. The van der Waals surface area contributed by atoms with Crippen molar-refractivity contribution in [3.63, 3.8) is 0 Å². The second-order valence-electron chi connectivity index (χ2n) is 4.99. The van der Waals surface area contributed by atoms with Gasteiger partial charge in [-0.2, -0.15) is 0 Å². The number of benzene rings is 1. The van der Waals surface area contributed by atoms with Gasteiger partial charge in [0.25, 0.3) is 5.56 Å². The molecule has 2 heterocycles. The maximum Gasteiger partial charge on any atom is 0.261 e. The average Bonchev–Trinajstić information content (AvgIpc) is 2.95. The van der Waals surface area contributed by atoms with Crippen molar-refractivity contribution in [2.75, 3.05) is 5.75 Å². The molecular formula is C16H15N3O2S. The molecule has 0 aliphatic carbocycles. The summed E-state index contributed by atoms with van der Waals surface area (Å²) < 4.78 is 3.28. The van der Waals surface area contributed by atoms with Crippen molar-refractivity contribution < 1.29 is 4.79 Å². The number of hydrogen-bond donors (Lipinski definition) is 0. The predicted octanol–water partition coefficient (Wildman–Crippen LogP) is 2.25. The lowest BCUT2D eigenvalue weighted by Gasteiger charge is -2.08. The van der Waals surface area contributed by atoms with Crippen molar-refractivity contribution in [3.05, 3.63) is 58.6 Å². The Balaban J connectivity index is 1.88. The second kappa shape index (κ2) is 5.81. The van der Waals surface area contributed by atoms with Gasteiger partial charge in [-0.25, -0.2) is 4.98 Å². The molecule has 0 N–H and O–H groups in total. The molecule has 3 rings (SSSR count). The Morgan fingerprint density at radius 3 is 2.68 bits per heavy atom. The molecule has 0 aliphatic rings. The summed E-state index contributed by atoms with van der Waals surface area (Å²) in [5.41, 5.74) is 1.21. The molecule has 2 aromatic heterocycles. The number of Topliss-reactive ketones (excluding diaryl/α,β-unsaturated/α-hetero) is 1. The van der Waals surface area contributed by atoms with E-state index in [1.807, 2.05) is 31.4 Å². The van der Waals surface area contributed by atoms with Gasteiger partial charge in [0.05, 0.1) is 22.3 Å². The zero-order valence-corrected chi connectivity index (χ0v) is 13.1. The van der Waals surface area contributed by atoms with Crippen molar-refractivity contribution >= 4 is 28.4 Å². The summed E-state index contributed by atoms with van der Waals surface area (Å²) in [5.74, 6) is 0.260. The van der Waals surface area contributed by atoms with Crippen molar-refractivity contribution in [2.45, 2.75) is 5.16 Å². The third-order valence-corrected chi connectivity index (χ3v) is 4.53. The molecule has 0 saturated carbocycles. The van der Waals surface area contributed by atoms with Gasteiger partial charge < -0.3 is 4.57 Å². The molecule has 0 fully saturated rings. The zero-order chi connectivity index (χ0) is 15.7. The van der Waals surface area contributed by atoms with Crippen LogP contribution in [0.3, 0.4) is 0 Å². The van der Waals surface area contributed by atoms with Crippen LogP contribution in [-0.4, -0.2) is 25.7 Å². The molecule has 6 heteroatoms. The van der Waals surface area contributed by atoms with E-state index in [-0.39, 0.29) is 17.1 Å². The average molecular weight is 313 g/mol. The number of rotatable bonds is 4. The number of carbonyl (C=O) groups is 1. The first-order valence-corrected chi connectivity index (χ1v) is 7.79. The summed E-state index contributed by atoms with van der Waals surface area (Å²) in [6, 6.07) is 10.8. The number of aryl methyl sites for hydroxylation is 1. The van der Waals surface area contributed by atoms with Gasteiger partial charge in [0.15, 0.2) is 10.9 Å². The highest BCUT2D eigenvalue weighted by Gasteiger charge is 2.13. The van der Waals surface area contributed by atoms with E-state index in [1.54, 1.807) is 29.8 Å². The fourth-order valence-electron chi connectivity index (χ4n) is 2.28. The maximum absolute atomic E-state index is 12.3. The SMILES string of the molecule is Cn1cccc1C(=O)CSc1nc2ccccc2c(=O)n1C. The number of fused-ring (bicyclic) bond motifs is 1. The van der Waals surface area contributed by atoms with Gasteiger partial charge in [-0.1, -0.05) is 23.9 Å². The van der Waals surface area contributed by atoms with Gasteiger partial charge in [-0.15, -0.1) is 0 Å². The van der Waals surface area contributed by atoms with E-state index in [9.17, 15) is 9.59 Å². The minimum atomic E-state index is -0.0978. The van der Waals surface area contributed by atoms with Crippen molar-refractivity contribution in [1.82, 2.24) is 14.1 Å². The van der Waals surface area contributed by atoms with E-state index in [1.165, 1.54) is 16.3 Å². The van der Waals surface area contributed by atoms with Crippen LogP contribution in [0.4, 0.5) is 0 Å². The number of nitrogens with zero attached hydrogens (tertiary/aromatic N) is 3. The molecule has 0 aliphatic heterocycles. The van der Waals surface area contributed by atoms with Gasteiger partial charge in [0.2, 0.25) is 0 Å². The van der Waals surface area contributed by atoms with Crippen LogP contribution in [0.1, 0.15) is 10.5 Å². The Hall–Kier alpha value is -2.34. The Morgan fingerprint density at radius 2 is 1.95 bits per heavy atom. The Labute approximate surface area is 131 Å². The normalized spacial score (nSPS) is 11.0. The van der Waals surface area contributed by atoms with Crippen LogP contribution in [0.2, 0.25) is 0 Å². The quantitative estimate of drug-likeness (QED) is 0.421. The second-order valence-corrected chi connectivity index (χ2v) is 5.93. The zero-order valence-electron chi connectivity index (χ0n) is 12.3. The van der Waals surface area contributed by atoms with E-state index in [2.05, 4.69) is 4.98 Å². The first-order chi connectivity index (χ1) is 10.6. The van der Waals surface area contributed by atoms with Crippen molar-refractivity contribution in [2.24, 2.45) is 14.1 Å². The third kappa shape index (κ3) is 2.57. The molecule has 3 aromatic rings.